The van der Waals surface area contributed by atoms with Crippen LogP contribution in [0.4, 0.5) is 0 Å². The molecule has 1 fully saturated rings. The van der Waals surface area contributed by atoms with E-state index in [9.17, 15) is 13.2 Å². The van der Waals surface area contributed by atoms with Crippen LogP contribution >= 0.6 is 0 Å². The van der Waals surface area contributed by atoms with E-state index in [0.29, 0.717) is 25.1 Å². The summed E-state index contributed by atoms with van der Waals surface area (Å²) in [7, 11) is -1.05. The number of carbonyl (C=O) groups is 1. The molecule has 1 aliphatic rings. The van der Waals surface area contributed by atoms with Gasteiger partial charge in [-0.2, -0.15) is 5.10 Å². The number of hydrogen-bond acceptors (Lipinski definition) is 5. The first kappa shape index (κ1) is 19.8. The predicted molar refractivity (Wildman–Crippen MR) is 113 cm³/mol. The lowest BCUT2D eigenvalue weighted by Gasteiger charge is -2.17. The number of benzene rings is 1. The van der Waals surface area contributed by atoms with Gasteiger partial charge in [0.15, 0.2) is 15.6 Å². The smallest absolute Gasteiger partial charge is 0.178 e. The van der Waals surface area contributed by atoms with E-state index in [0.717, 1.165) is 27.9 Å². The molecule has 0 spiro atoms. The number of H-pyrrole nitrogens is 1. The Kier molecular flexibility index (Phi) is 5.08. The van der Waals surface area contributed by atoms with Gasteiger partial charge in [0.05, 0.1) is 29.8 Å². The van der Waals surface area contributed by atoms with Crippen LogP contribution in [0.15, 0.2) is 30.5 Å². The van der Waals surface area contributed by atoms with Crippen LogP contribution in [0.1, 0.15) is 39.8 Å². The zero-order valence-corrected chi connectivity index (χ0v) is 17.8. The van der Waals surface area contributed by atoms with Gasteiger partial charge in [0.25, 0.3) is 0 Å². The van der Waals surface area contributed by atoms with E-state index in [2.05, 4.69) is 10.1 Å². The molecule has 29 heavy (non-hydrogen) atoms. The largest absolute Gasteiger partial charge is 0.360 e. The standard InChI is InChI=1S/C21H26N4O3S/c1-14-19(15(2)25(23-14)16-8-9-29(27,28)13-16)11-24(3)12-21(26)18-10-22-20-7-5-4-6-17(18)20/h4-7,10,16,22H,8-9,11-13H2,1-3H3/t16-/m1/s1. The Morgan fingerprint density at radius 3 is 2.79 bits per heavy atom. The van der Waals surface area contributed by atoms with Crippen LogP contribution in [0.25, 0.3) is 10.9 Å². The second kappa shape index (κ2) is 7.42. The van der Waals surface area contributed by atoms with Gasteiger partial charge in [0, 0.05) is 40.5 Å². The van der Waals surface area contributed by atoms with Crippen molar-refractivity contribution < 1.29 is 13.2 Å². The number of nitrogens with zero attached hydrogens (tertiary/aromatic N) is 3. The quantitative estimate of drug-likeness (QED) is 0.627. The van der Waals surface area contributed by atoms with Crippen LogP contribution in [0.2, 0.25) is 0 Å². The van der Waals surface area contributed by atoms with Gasteiger partial charge < -0.3 is 4.98 Å². The van der Waals surface area contributed by atoms with E-state index in [4.69, 9.17) is 0 Å². The summed E-state index contributed by atoms with van der Waals surface area (Å²) >= 11 is 0. The summed E-state index contributed by atoms with van der Waals surface area (Å²) in [6.07, 6.45) is 2.38. The number of fused-ring (bicyclic) bond motifs is 1. The van der Waals surface area contributed by atoms with E-state index in [1.807, 2.05) is 54.7 Å². The zero-order chi connectivity index (χ0) is 20.8. The summed E-state index contributed by atoms with van der Waals surface area (Å²) in [5.74, 6) is 0.447. The van der Waals surface area contributed by atoms with Gasteiger partial charge in [-0.05, 0) is 33.4 Å². The van der Waals surface area contributed by atoms with E-state index >= 15 is 0 Å². The highest BCUT2D eigenvalue weighted by Crippen LogP contribution is 2.27. The average molecular weight is 415 g/mol. The third-order valence-corrected chi connectivity index (χ3v) is 7.51. The van der Waals surface area contributed by atoms with Crippen LogP contribution in [0, 0.1) is 13.8 Å². The highest BCUT2D eigenvalue weighted by molar-refractivity contribution is 7.91. The Morgan fingerprint density at radius 1 is 1.31 bits per heavy atom. The van der Waals surface area contributed by atoms with Gasteiger partial charge >= 0.3 is 0 Å². The Morgan fingerprint density at radius 2 is 2.07 bits per heavy atom. The van der Waals surface area contributed by atoms with Crippen molar-refractivity contribution in [2.24, 2.45) is 0 Å². The van der Waals surface area contributed by atoms with Crippen molar-refractivity contribution in [2.45, 2.75) is 32.9 Å². The molecule has 0 unspecified atom stereocenters. The van der Waals surface area contributed by atoms with E-state index in [1.54, 1.807) is 6.20 Å². The Labute approximate surface area is 170 Å². The number of aromatic amines is 1. The highest BCUT2D eigenvalue weighted by atomic mass is 32.2. The first-order valence-corrected chi connectivity index (χ1v) is 11.6. The van der Waals surface area contributed by atoms with Gasteiger partial charge in [-0.3, -0.25) is 14.4 Å². The molecule has 1 saturated heterocycles. The Hall–Kier alpha value is -2.45. The van der Waals surface area contributed by atoms with Crippen LogP contribution in [-0.4, -0.2) is 59.0 Å². The predicted octanol–water partition coefficient (Wildman–Crippen LogP) is 2.66. The number of Topliss-reactive ketones (excluding diaryl/α,β-unsaturated/α-hetero) is 1. The lowest BCUT2D eigenvalue weighted by molar-refractivity contribution is 0.0944. The molecule has 2 aromatic heterocycles. The van der Waals surface area contributed by atoms with Gasteiger partial charge in [-0.15, -0.1) is 0 Å². The highest BCUT2D eigenvalue weighted by Gasteiger charge is 2.31. The van der Waals surface area contributed by atoms with Crippen molar-refractivity contribution in [3.8, 4) is 0 Å². The summed E-state index contributed by atoms with van der Waals surface area (Å²) in [5.41, 5.74) is 4.59. The van der Waals surface area contributed by atoms with Crippen LogP contribution in [-0.2, 0) is 16.4 Å². The number of aryl methyl sites for hydroxylation is 1. The number of aromatic nitrogens is 3. The van der Waals surface area contributed by atoms with Gasteiger partial charge in [0.2, 0.25) is 0 Å². The molecule has 0 saturated carbocycles. The molecule has 1 N–H and O–H groups in total. The minimum atomic E-state index is -2.96. The molecule has 0 amide bonds. The van der Waals surface area contributed by atoms with Gasteiger partial charge in [-0.25, -0.2) is 8.42 Å². The van der Waals surface area contributed by atoms with E-state index < -0.39 is 9.84 Å². The fraction of sp³-hybridized carbons (Fsp3) is 0.429. The third-order valence-electron chi connectivity index (χ3n) is 5.76. The van der Waals surface area contributed by atoms with Gasteiger partial charge in [-0.1, -0.05) is 18.2 Å². The fourth-order valence-electron chi connectivity index (χ4n) is 4.21. The maximum Gasteiger partial charge on any atom is 0.178 e. The van der Waals surface area contributed by atoms with Crippen molar-refractivity contribution in [1.29, 1.82) is 0 Å². The summed E-state index contributed by atoms with van der Waals surface area (Å²) < 4.78 is 25.5. The van der Waals surface area contributed by atoms with Crippen LogP contribution < -0.4 is 0 Å². The Balaban J connectivity index is 1.48. The van der Waals surface area contributed by atoms with Crippen molar-refractivity contribution in [2.75, 3.05) is 25.1 Å². The molecule has 4 rings (SSSR count). The minimum Gasteiger partial charge on any atom is -0.360 e. The number of para-hydroxylation sites is 1. The van der Waals surface area contributed by atoms with Crippen molar-refractivity contribution in [3.63, 3.8) is 0 Å². The lowest BCUT2D eigenvalue weighted by Crippen LogP contribution is -2.26. The number of nitrogens with one attached hydrogen (secondary N) is 1. The summed E-state index contributed by atoms with van der Waals surface area (Å²) in [5, 5.41) is 5.55. The first-order valence-electron chi connectivity index (χ1n) is 9.78. The Bertz CT molecular complexity index is 1180. The maximum atomic E-state index is 12.8. The summed E-state index contributed by atoms with van der Waals surface area (Å²) in [6.45, 7) is 4.81. The topological polar surface area (TPSA) is 88.1 Å². The monoisotopic (exact) mass is 414 g/mol. The second-order valence-electron chi connectivity index (χ2n) is 7.99. The third kappa shape index (κ3) is 3.86. The van der Waals surface area contributed by atoms with E-state index in [-0.39, 0.29) is 23.3 Å². The van der Waals surface area contributed by atoms with Crippen LogP contribution in [0.5, 0.6) is 0 Å². The number of ketones is 1. The molecular weight excluding hydrogens is 388 g/mol. The lowest BCUT2D eigenvalue weighted by atomic mass is 10.1. The molecule has 0 bridgehead atoms. The molecule has 3 heterocycles. The van der Waals surface area contributed by atoms with Crippen molar-refractivity contribution in [3.05, 3.63) is 53.0 Å². The molecule has 1 aliphatic heterocycles. The molecule has 1 atom stereocenters. The molecule has 154 valence electrons. The second-order valence-corrected chi connectivity index (χ2v) is 10.2. The molecule has 8 heteroatoms. The molecule has 7 nitrogen and oxygen atoms in total. The van der Waals surface area contributed by atoms with Crippen molar-refractivity contribution in [1.82, 2.24) is 19.7 Å². The first-order chi connectivity index (χ1) is 13.7. The number of rotatable bonds is 6. The molecule has 3 aromatic rings. The molecule has 1 aromatic carbocycles. The van der Waals surface area contributed by atoms with Crippen molar-refractivity contribution >= 4 is 26.5 Å². The van der Waals surface area contributed by atoms with E-state index in [1.165, 1.54) is 0 Å². The number of carbonyl (C=O) groups excluding carboxylic acids is 1. The average Bonchev–Trinajstić information content (AvgIpc) is 3.33. The maximum absolute atomic E-state index is 12.8. The van der Waals surface area contributed by atoms with Gasteiger partial charge in [0.1, 0.15) is 0 Å². The SMILES string of the molecule is Cc1nn([C@@H]2CCS(=O)(=O)C2)c(C)c1CN(C)CC(=O)c1c[nH]c2ccccc12. The zero-order valence-electron chi connectivity index (χ0n) is 17.0. The number of likely N-dealkylation sites (N-methyl/N-ethyl adjacent to an activating group) is 1. The molecule has 0 aliphatic carbocycles. The molecular formula is C21H26N4O3S. The molecule has 0 radical (unpaired) electrons. The normalized spacial score (nSPS) is 18.7. The van der Waals surface area contributed by atoms with Crippen LogP contribution in [0.3, 0.4) is 0 Å². The summed E-state index contributed by atoms with van der Waals surface area (Å²) in [4.78, 5) is 18.0. The number of sulfone groups is 1. The fourth-order valence-corrected chi connectivity index (χ4v) is 5.90. The number of hydrogen-bond donors (Lipinski definition) is 1. The minimum absolute atomic E-state index is 0.0644. The summed E-state index contributed by atoms with van der Waals surface area (Å²) in [6, 6.07) is 7.69.